The highest BCUT2D eigenvalue weighted by molar-refractivity contribution is 6.35. The van der Waals surface area contributed by atoms with Gasteiger partial charge in [0.1, 0.15) is 0 Å². The maximum Gasteiger partial charge on any atom is 0.289 e. The summed E-state index contributed by atoms with van der Waals surface area (Å²) in [5, 5.41) is 0. The Labute approximate surface area is 100 Å². The maximum atomic E-state index is 11.7. The molecule has 0 atom stereocenters. The summed E-state index contributed by atoms with van der Waals surface area (Å²) in [4.78, 5) is 31.8. The van der Waals surface area contributed by atoms with E-state index < -0.39 is 0 Å². The quantitative estimate of drug-likeness (QED) is 0.798. The minimum Gasteiger partial charge on any atom is -0.348 e. The molecule has 1 amide bonds. The molecule has 5 nitrogen and oxygen atoms in total. The summed E-state index contributed by atoms with van der Waals surface area (Å²) in [6.07, 6.45) is 5.59. The Balaban J connectivity index is 1.90. The minimum atomic E-state index is -0.324. The van der Waals surface area contributed by atoms with Crippen molar-refractivity contribution in [3.8, 4) is 0 Å². The number of likely N-dealkylation sites (tertiary alicyclic amines) is 1. The molecule has 1 aromatic rings. The van der Waals surface area contributed by atoms with Crippen LogP contribution >= 0.6 is 0 Å². The topological polar surface area (TPSA) is 66.1 Å². The molecule has 2 heterocycles. The first kappa shape index (κ1) is 11.8. The monoisotopic (exact) mass is 235 g/mol. The molecule has 0 aromatic carbocycles. The van der Waals surface area contributed by atoms with Crippen molar-refractivity contribution in [3.05, 3.63) is 18.2 Å². The van der Waals surface area contributed by atoms with Crippen LogP contribution in [0.5, 0.6) is 0 Å². The normalized spacial score (nSPS) is 17.1. The summed E-state index contributed by atoms with van der Waals surface area (Å²) < 4.78 is 0. The van der Waals surface area contributed by atoms with Crippen LogP contribution in [0.25, 0.3) is 0 Å². The fourth-order valence-electron chi connectivity index (χ4n) is 2.21. The Kier molecular flexibility index (Phi) is 3.56. The van der Waals surface area contributed by atoms with E-state index in [0.717, 1.165) is 18.5 Å². The van der Waals surface area contributed by atoms with Gasteiger partial charge in [-0.05, 0) is 12.8 Å². The predicted molar refractivity (Wildman–Crippen MR) is 62.4 cm³/mol. The minimum absolute atomic E-state index is 0.287. The number of aromatic nitrogens is 2. The number of H-pyrrole nitrogens is 1. The van der Waals surface area contributed by atoms with Crippen molar-refractivity contribution in [1.82, 2.24) is 14.9 Å². The molecule has 0 spiro atoms. The third-order valence-electron chi connectivity index (χ3n) is 3.30. The van der Waals surface area contributed by atoms with Crippen molar-refractivity contribution < 1.29 is 9.59 Å². The third kappa shape index (κ3) is 2.54. The Bertz CT molecular complexity index is 392. The molecule has 1 aliphatic heterocycles. The number of nitrogens with zero attached hydrogens (tertiary/aromatic N) is 2. The second kappa shape index (κ2) is 5.12. The number of imidazole rings is 1. The molecule has 1 saturated heterocycles. The molecule has 17 heavy (non-hydrogen) atoms. The van der Waals surface area contributed by atoms with Crippen molar-refractivity contribution >= 4 is 11.7 Å². The predicted octanol–water partition coefficient (Wildman–Crippen LogP) is 1.09. The van der Waals surface area contributed by atoms with Gasteiger partial charge in [0.05, 0.1) is 6.33 Å². The highest BCUT2D eigenvalue weighted by Crippen LogP contribution is 2.26. The van der Waals surface area contributed by atoms with Crippen LogP contribution in [0.4, 0.5) is 0 Å². The van der Waals surface area contributed by atoms with E-state index >= 15 is 0 Å². The number of piperidine rings is 1. The van der Waals surface area contributed by atoms with E-state index in [0.29, 0.717) is 25.4 Å². The number of hydrogen-bond donors (Lipinski definition) is 1. The van der Waals surface area contributed by atoms with E-state index in [1.54, 1.807) is 18.2 Å². The summed E-state index contributed by atoms with van der Waals surface area (Å²) in [5.74, 6) is -0.182. The zero-order chi connectivity index (χ0) is 12.3. The lowest BCUT2D eigenvalue weighted by Gasteiger charge is -2.30. The average Bonchev–Trinajstić information content (AvgIpc) is 2.91. The summed E-state index contributed by atoms with van der Waals surface area (Å²) in [6.45, 7) is 3.04. The van der Waals surface area contributed by atoms with Crippen LogP contribution in [0.3, 0.4) is 0 Å². The van der Waals surface area contributed by atoms with Gasteiger partial charge in [0, 0.05) is 37.3 Å². The second-order valence-corrected chi connectivity index (χ2v) is 4.35. The van der Waals surface area contributed by atoms with Gasteiger partial charge in [-0.25, -0.2) is 4.98 Å². The molecule has 0 radical (unpaired) electrons. The van der Waals surface area contributed by atoms with Gasteiger partial charge in [0.15, 0.2) is 0 Å². The number of nitrogens with one attached hydrogen (secondary N) is 1. The smallest absolute Gasteiger partial charge is 0.289 e. The lowest BCUT2D eigenvalue weighted by atomic mass is 9.94. The largest absolute Gasteiger partial charge is 0.348 e. The summed E-state index contributed by atoms with van der Waals surface area (Å²) in [6, 6.07) is 0. The number of hydrogen-bond acceptors (Lipinski definition) is 3. The van der Waals surface area contributed by atoms with E-state index in [2.05, 4.69) is 9.97 Å². The SMILES string of the molecule is CCC(=O)C(=O)N1CCC(c2cnc[nH]2)CC1. The fraction of sp³-hybridized carbons (Fsp3) is 0.583. The van der Waals surface area contributed by atoms with Crippen LogP contribution in [-0.4, -0.2) is 39.6 Å². The van der Waals surface area contributed by atoms with E-state index in [-0.39, 0.29) is 11.7 Å². The molecule has 0 saturated carbocycles. The van der Waals surface area contributed by atoms with Gasteiger partial charge in [-0.3, -0.25) is 9.59 Å². The molecule has 1 aromatic heterocycles. The number of carbonyl (C=O) groups is 2. The number of rotatable bonds is 3. The standard InChI is InChI=1S/C12H17N3O2/c1-2-11(16)12(17)15-5-3-9(4-6-15)10-7-13-8-14-10/h7-9H,2-6H2,1H3,(H,13,14). The summed E-state index contributed by atoms with van der Waals surface area (Å²) >= 11 is 0. The van der Waals surface area contributed by atoms with Gasteiger partial charge in [-0.15, -0.1) is 0 Å². The number of Topliss-reactive ketones (excluding diaryl/α,β-unsaturated/α-hetero) is 1. The van der Waals surface area contributed by atoms with E-state index in [9.17, 15) is 9.59 Å². The van der Waals surface area contributed by atoms with Crippen LogP contribution < -0.4 is 0 Å². The molecule has 1 aliphatic rings. The Hall–Kier alpha value is -1.65. The van der Waals surface area contributed by atoms with Crippen molar-refractivity contribution in [3.63, 3.8) is 0 Å². The van der Waals surface area contributed by atoms with Crippen molar-refractivity contribution in [1.29, 1.82) is 0 Å². The zero-order valence-corrected chi connectivity index (χ0v) is 9.98. The molecule has 0 bridgehead atoms. The molecule has 2 rings (SSSR count). The Morgan fingerprint density at radius 2 is 2.18 bits per heavy atom. The van der Waals surface area contributed by atoms with E-state index in [1.807, 2.05) is 6.20 Å². The van der Waals surface area contributed by atoms with Crippen LogP contribution in [0.15, 0.2) is 12.5 Å². The van der Waals surface area contributed by atoms with Gasteiger partial charge in [0.25, 0.3) is 5.91 Å². The molecular weight excluding hydrogens is 218 g/mol. The number of amides is 1. The van der Waals surface area contributed by atoms with Crippen LogP contribution in [0.2, 0.25) is 0 Å². The molecule has 0 unspecified atom stereocenters. The second-order valence-electron chi connectivity index (χ2n) is 4.35. The summed E-state index contributed by atoms with van der Waals surface area (Å²) in [5.41, 5.74) is 1.12. The van der Waals surface area contributed by atoms with E-state index in [4.69, 9.17) is 0 Å². The average molecular weight is 235 g/mol. The molecular formula is C12H17N3O2. The van der Waals surface area contributed by atoms with Crippen molar-refractivity contribution in [2.24, 2.45) is 0 Å². The van der Waals surface area contributed by atoms with Crippen LogP contribution in [0, 0.1) is 0 Å². The number of carbonyl (C=O) groups excluding carboxylic acids is 2. The summed E-state index contributed by atoms with van der Waals surface area (Å²) in [7, 11) is 0. The lowest BCUT2D eigenvalue weighted by molar-refractivity contribution is -0.145. The first-order valence-electron chi connectivity index (χ1n) is 6.02. The molecule has 1 fully saturated rings. The molecule has 0 aliphatic carbocycles. The first-order chi connectivity index (χ1) is 8.22. The maximum absolute atomic E-state index is 11.7. The van der Waals surface area contributed by atoms with E-state index in [1.165, 1.54) is 0 Å². The molecule has 92 valence electrons. The van der Waals surface area contributed by atoms with Gasteiger partial charge >= 0.3 is 0 Å². The van der Waals surface area contributed by atoms with Crippen molar-refractivity contribution in [2.45, 2.75) is 32.1 Å². The van der Waals surface area contributed by atoms with Gasteiger partial charge in [-0.1, -0.05) is 6.92 Å². The number of ketones is 1. The van der Waals surface area contributed by atoms with Crippen LogP contribution in [0.1, 0.15) is 37.8 Å². The third-order valence-corrected chi connectivity index (χ3v) is 3.30. The van der Waals surface area contributed by atoms with Gasteiger partial charge < -0.3 is 9.88 Å². The fourth-order valence-corrected chi connectivity index (χ4v) is 2.21. The first-order valence-corrected chi connectivity index (χ1v) is 6.02. The van der Waals surface area contributed by atoms with Gasteiger partial charge in [0.2, 0.25) is 5.78 Å². The number of aromatic amines is 1. The zero-order valence-electron chi connectivity index (χ0n) is 9.98. The molecule has 1 N–H and O–H groups in total. The van der Waals surface area contributed by atoms with Crippen LogP contribution in [-0.2, 0) is 9.59 Å². The van der Waals surface area contributed by atoms with Crippen molar-refractivity contribution in [2.75, 3.05) is 13.1 Å². The highest BCUT2D eigenvalue weighted by Gasteiger charge is 2.26. The van der Waals surface area contributed by atoms with Gasteiger partial charge in [-0.2, -0.15) is 0 Å². The highest BCUT2D eigenvalue weighted by atomic mass is 16.2. The molecule has 5 heteroatoms. The lowest BCUT2D eigenvalue weighted by Crippen LogP contribution is -2.41. The Morgan fingerprint density at radius 1 is 1.47 bits per heavy atom. The Morgan fingerprint density at radius 3 is 2.71 bits per heavy atom.